The number of rotatable bonds is 4. The topological polar surface area (TPSA) is 29.1 Å². The highest BCUT2D eigenvalue weighted by molar-refractivity contribution is 7.14. The van der Waals surface area contributed by atoms with Crippen molar-refractivity contribution < 1.29 is 4.79 Å². The van der Waals surface area contributed by atoms with Gasteiger partial charge in [0.1, 0.15) is 0 Å². The molecule has 0 bridgehead atoms. The molecule has 0 saturated heterocycles. The summed E-state index contributed by atoms with van der Waals surface area (Å²) in [7, 11) is 0. The van der Waals surface area contributed by atoms with Crippen LogP contribution in [-0.4, -0.2) is 11.4 Å². The van der Waals surface area contributed by atoms with Gasteiger partial charge in [0.2, 0.25) is 0 Å². The van der Waals surface area contributed by atoms with Crippen LogP contribution in [0, 0.1) is 0 Å². The minimum atomic E-state index is 0.0748. The molecule has 1 fully saturated rings. The molecule has 1 aliphatic rings. The zero-order chi connectivity index (χ0) is 12.6. The van der Waals surface area contributed by atoms with E-state index in [0.717, 1.165) is 24.1 Å². The highest BCUT2D eigenvalue weighted by Gasteiger charge is 2.39. The van der Waals surface area contributed by atoms with Gasteiger partial charge in [-0.1, -0.05) is 20.8 Å². The SMILES string of the molecule is CCc1cc(C(=O)NC2(C)CC2)sc1C(C)C. The van der Waals surface area contributed by atoms with E-state index in [1.165, 1.54) is 10.4 Å². The van der Waals surface area contributed by atoms with Crippen LogP contribution in [0.15, 0.2) is 6.07 Å². The van der Waals surface area contributed by atoms with E-state index in [0.29, 0.717) is 5.92 Å². The van der Waals surface area contributed by atoms with Gasteiger partial charge in [0.05, 0.1) is 4.88 Å². The molecule has 1 aliphatic carbocycles. The van der Waals surface area contributed by atoms with Crippen LogP contribution in [0.25, 0.3) is 0 Å². The third-order valence-electron chi connectivity index (χ3n) is 3.39. The Morgan fingerprint density at radius 1 is 1.53 bits per heavy atom. The highest BCUT2D eigenvalue weighted by atomic mass is 32.1. The standard InChI is InChI=1S/C14H21NOS/c1-5-10-8-11(17-12(10)9(2)3)13(16)15-14(4)6-7-14/h8-9H,5-7H2,1-4H3,(H,15,16). The summed E-state index contributed by atoms with van der Waals surface area (Å²) in [5.74, 6) is 0.615. The van der Waals surface area contributed by atoms with Gasteiger partial charge in [-0.05, 0) is 43.7 Å². The average Bonchev–Trinajstić information content (AvgIpc) is 2.83. The van der Waals surface area contributed by atoms with Crippen LogP contribution >= 0.6 is 11.3 Å². The highest BCUT2D eigenvalue weighted by Crippen LogP contribution is 2.36. The molecule has 0 atom stereocenters. The summed E-state index contributed by atoms with van der Waals surface area (Å²) in [6.07, 6.45) is 3.23. The Morgan fingerprint density at radius 2 is 2.18 bits per heavy atom. The van der Waals surface area contributed by atoms with Gasteiger partial charge >= 0.3 is 0 Å². The number of nitrogens with one attached hydrogen (secondary N) is 1. The normalized spacial score (nSPS) is 17.2. The number of amides is 1. The third-order valence-corrected chi connectivity index (χ3v) is 4.86. The molecule has 0 unspecified atom stereocenters. The Bertz CT molecular complexity index is 429. The second-order valence-corrected chi connectivity index (χ2v) is 6.61. The van der Waals surface area contributed by atoms with Crippen molar-refractivity contribution in [2.24, 2.45) is 0 Å². The van der Waals surface area contributed by atoms with Gasteiger partial charge in [0, 0.05) is 10.4 Å². The number of thiophene rings is 1. The first-order valence-corrected chi connectivity index (χ1v) is 7.22. The fourth-order valence-electron chi connectivity index (χ4n) is 1.97. The lowest BCUT2D eigenvalue weighted by Gasteiger charge is -2.09. The number of aryl methyl sites for hydroxylation is 1. The molecule has 0 aromatic carbocycles. The molecule has 1 heterocycles. The molecule has 2 nitrogen and oxygen atoms in total. The van der Waals surface area contributed by atoms with E-state index in [2.05, 4.69) is 39.1 Å². The van der Waals surface area contributed by atoms with Gasteiger partial charge in [0.25, 0.3) is 5.91 Å². The summed E-state index contributed by atoms with van der Waals surface area (Å²) in [6, 6.07) is 2.07. The summed E-state index contributed by atoms with van der Waals surface area (Å²) in [4.78, 5) is 14.3. The fourth-order valence-corrected chi connectivity index (χ4v) is 3.12. The van der Waals surface area contributed by atoms with Crippen molar-refractivity contribution in [2.45, 2.75) is 58.4 Å². The van der Waals surface area contributed by atoms with Crippen LogP contribution in [0.3, 0.4) is 0 Å². The third kappa shape index (κ3) is 2.71. The molecule has 3 heteroatoms. The molecule has 1 saturated carbocycles. The molecule has 94 valence electrons. The van der Waals surface area contributed by atoms with Gasteiger partial charge in [0.15, 0.2) is 0 Å². The molecule has 0 radical (unpaired) electrons. The summed E-state index contributed by atoms with van der Waals surface area (Å²) in [6.45, 7) is 8.64. The van der Waals surface area contributed by atoms with Crippen molar-refractivity contribution in [3.8, 4) is 0 Å². The number of hydrogen-bond donors (Lipinski definition) is 1. The van der Waals surface area contributed by atoms with E-state index in [-0.39, 0.29) is 11.4 Å². The Balaban J connectivity index is 2.18. The lowest BCUT2D eigenvalue weighted by molar-refractivity contribution is 0.0939. The number of hydrogen-bond acceptors (Lipinski definition) is 2. The van der Waals surface area contributed by atoms with E-state index in [4.69, 9.17) is 0 Å². The molecule has 0 aliphatic heterocycles. The van der Waals surface area contributed by atoms with Gasteiger partial charge < -0.3 is 5.32 Å². The Kier molecular flexibility index (Phi) is 3.30. The van der Waals surface area contributed by atoms with Crippen LogP contribution in [0.4, 0.5) is 0 Å². The van der Waals surface area contributed by atoms with Crippen molar-refractivity contribution in [1.29, 1.82) is 0 Å². The molecular weight excluding hydrogens is 230 g/mol. The van der Waals surface area contributed by atoms with Crippen molar-refractivity contribution in [2.75, 3.05) is 0 Å². The van der Waals surface area contributed by atoms with E-state index in [1.54, 1.807) is 11.3 Å². The molecule has 1 N–H and O–H groups in total. The molecular formula is C14H21NOS. The van der Waals surface area contributed by atoms with Crippen molar-refractivity contribution in [3.63, 3.8) is 0 Å². The van der Waals surface area contributed by atoms with Gasteiger partial charge in [-0.15, -0.1) is 11.3 Å². The van der Waals surface area contributed by atoms with Crippen LogP contribution < -0.4 is 5.32 Å². The first-order valence-electron chi connectivity index (χ1n) is 6.40. The molecule has 0 spiro atoms. The lowest BCUT2D eigenvalue weighted by atomic mass is 10.1. The van der Waals surface area contributed by atoms with Crippen molar-refractivity contribution in [3.05, 3.63) is 21.4 Å². The summed E-state index contributed by atoms with van der Waals surface area (Å²) in [5, 5.41) is 3.12. The lowest BCUT2D eigenvalue weighted by Crippen LogP contribution is -2.33. The van der Waals surface area contributed by atoms with Crippen molar-refractivity contribution >= 4 is 17.2 Å². The Hall–Kier alpha value is -0.830. The van der Waals surface area contributed by atoms with E-state index in [9.17, 15) is 4.79 Å². The monoisotopic (exact) mass is 251 g/mol. The zero-order valence-electron chi connectivity index (χ0n) is 11.1. The molecule has 17 heavy (non-hydrogen) atoms. The number of carbonyl (C=O) groups excluding carboxylic acids is 1. The molecule has 2 rings (SSSR count). The first-order chi connectivity index (χ1) is 7.95. The smallest absolute Gasteiger partial charge is 0.261 e. The first kappa shape index (κ1) is 12.6. The van der Waals surface area contributed by atoms with Crippen LogP contribution in [0.1, 0.15) is 66.6 Å². The zero-order valence-corrected chi connectivity index (χ0v) is 11.9. The maximum atomic E-state index is 12.1. The quantitative estimate of drug-likeness (QED) is 0.868. The Labute approximate surface area is 107 Å². The number of carbonyl (C=O) groups is 1. The van der Waals surface area contributed by atoms with Gasteiger partial charge in [-0.2, -0.15) is 0 Å². The summed E-state index contributed by atoms with van der Waals surface area (Å²) >= 11 is 1.66. The van der Waals surface area contributed by atoms with E-state index in [1.807, 2.05) is 0 Å². The maximum absolute atomic E-state index is 12.1. The van der Waals surface area contributed by atoms with Crippen LogP contribution in [0.2, 0.25) is 0 Å². The van der Waals surface area contributed by atoms with E-state index < -0.39 is 0 Å². The fraction of sp³-hybridized carbons (Fsp3) is 0.643. The van der Waals surface area contributed by atoms with Gasteiger partial charge in [-0.3, -0.25) is 4.79 Å². The second kappa shape index (κ2) is 4.45. The average molecular weight is 251 g/mol. The van der Waals surface area contributed by atoms with E-state index >= 15 is 0 Å². The van der Waals surface area contributed by atoms with Crippen molar-refractivity contribution in [1.82, 2.24) is 5.32 Å². The molecule has 1 aromatic heterocycles. The van der Waals surface area contributed by atoms with Crippen LogP contribution in [-0.2, 0) is 6.42 Å². The molecule has 1 aromatic rings. The minimum Gasteiger partial charge on any atom is -0.346 e. The minimum absolute atomic E-state index is 0.0748. The predicted molar refractivity (Wildman–Crippen MR) is 72.9 cm³/mol. The summed E-state index contributed by atoms with van der Waals surface area (Å²) < 4.78 is 0. The van der Waals surface area contributed by atoms with Crippen LogP contribution in [0.5, 0.6) is 0 Å². The summed E-state index contributed by atoms with van der Waals surface area (Å²) in [5.41, 5.74) is 1.40. The molecule has 1 amide bonds. The largest absolute Gasteiger partial charge is 0.346 e. The predicted octanol–water partition coefficient (Wildman–Crippen LogP) is 3.72. The Morgan fingerprint density at radius 3 is 2.59 bits per heavy atom. The maximum Gasteiger partial charge on any atom is 0.261 e. The van der Waals surface area contributed by atoms with Gasteiger partial charge in [-0.25, -0.2) is 0 Å². The second-order valence-electron chi connectivity index (χ2n) is 5.52.